The molecule has 0 spiro atoms. The van der Waals surface area contributed by atoms with Gasteiger partial charge in [-0.15, -0.1) is 0 Å². The van der Waals surface area contributed by atoms with Crippen LogP contribution >= 0.6 is 0 Å². The zero-order chi connectivity index (χ0) is 13.7. The Morgan fingerprint density at radius 2 is 0.889 bits per heavy atom. The fourth-order valence-corrected chi connectivity index (χ4v) is 1.86. The predicted octanol–water partition coefficient (Wildman–Crippen LogP) is -1.36. The summed E-state index contributed by atoms with van der Waals surface area (Å²) in [5.41, 5.74) is 0. The van der Waals surface area contributed by atoms with Gasteiger partial charge in [0.1, 0.15) is 17.3 Å². The summed E-state index contributed by atoms with van der Waals surface area (Å²) in [6, 6.07) is -1.10. The maximum Gasteiger partial charge on any atom is 0.147 e. The van der Waals surface area contributed by atoms with Crippen molar-refractivity contribution in [3.63, 3.8) is 0 Å². The molecule has 0 saturated carbocycles. The van der Waals surface area contributed by atoms with E-state index in [1.807, 2.05) is 0 Å². The zero-order valence-electron chi connectivity index (χ0n) is 11.1. The first kappa shape index (κ1) is 14.9. The van der Waals surface area contributed by atoms with Gasteiger partial charge in [-0.25, -0.2) is 0 Å². The van der Waals surface area contributed by atoms with Crippen LogP contribution in [0.3, 0.4) is 0 Å². The number of carbonyl (C=O) groups is 3. The summed E-state index contributed by atoms with van der Waals surface area (Å²) < 4.78 is 0. The molecule has 3 atom stereocenters. The lowest BCUT2D eigenvalue weighted by Crippen LogP contribution is -2.48. The van der Waals surface area contributed by atoms with Crippen LogP contribution in [0, 0.1) is 0 Å². The molecule has 102 valence electrons. The highest BCUT2D eigenvalue weighted by atomic mass is 16.1. The fraction of sp³-hybridized carbons (Fsp3) is 0.750. The Morgan fingerprint density at radius 3 is 1.06 bits per heavy atom. The standard InChI is InChI=1S/C12H21N3O3/c1-7(16)10-4-14-12(9(3)18)6-15-11(5-13-10)8(2)17/h10-15H,4-6H2,1-3H3. The van der Waals surface area contributed by atoms with Gasteiger partial charge in [0.25, 0.3) is 0 Å². The van der Waals surface area contributed by atoms with Gasteiger partial charge in [-0.05, 0) is 20.8 Å². The smallest absolute Gasteiger partial charge is 0.147 e. The number of ketones is 3. The molecule has 1 heterocycles. The van der Waals surface area contributed by atoms with E-state index in [-0.39, 0.29) is 35.5 Å². The van der Waals surface area contributed by atoms with Crippen LogP contribution in [0.25, 0.3) is 0 Å². The van der Waals surface area contributed by atoms with Gasteiger partial charge >= 0.3 is 0 Å². The number of nitrogens with one attached hydrogen (secondary N) is 3. The molecule has 18 heavy (non-hydrogen) atoms. The molecule has 0 aromatic heterocycles. The third kappa shape index (κ3) is 4.29. The Balaban J connectivity index is 2.77. The van der Waals surface area contributed by atoms with Crippen LogP contribution in [0.1, 0.15) is 20.8 Å². The van der Waals surface area contributed by atoms with Gasteiger partial charge < -0.3 is 16.0 Å². The molecule has 0 bridgehead atoms. The topological polar surface area (TPSA) is 87.3 Å². The van der Waals surface area contributed by atoms with Gasteiger partial charge in [0.15, 0.2) is 0 Å². The minimum Gasteiger partial charge on any atom is -0.304 e. The van der Waals surface area contributed by atoms with Crippen LogP contribution in [-0.2, 0) is 14.4 Å². The molecule has 6 nitrogen and oxygen atoms in total. The molecule has 0 aliphatic carbocycles. The molecule has 3 N–H and O–H groups in total. The molecule has 1 aliphatic heterocycles. The van der Waals surface area contributed by atoms with E-state index in [0.717, 1.165) is 0 Å². The van der Waals surface area contributed by atoms with E-state index < -0.39 is 0 Å². The molecule has 0 amide bonds. The highest BCUT2D eigenvalue weighted by Crippen LogP contribution is 1.96. The van der Waals surface area contributed by atoms with Gasteiger partial charge in [0.2, 0.25) is 0 Å². The maximum absolute atomic E-state index is 11.4. The fourth-order valence-electron chi connectivity index (χ4n) is 1.86. The normalized spacial score (nSPS) is 29.8. The zero-order valence-corrected chi connectivity index (χ0v) is 11.1. The van der Waals surface area contributed by atoms with Crippen molar-refractivity contribution in [2.45, 2.75) is 38.9 Å². The lowest BCUT2D eigenvalue weighted by molar-refractivity contribution is -0.120. The van der Waals surface area contributed by atoms with Crippen LogP contribution in [0.15, 0.2) is 0 Å². The number of hydrogen-bond donors (Lipinski definition) is 3. The first-order valence-electron chi connectivity index (χ1n) is 6.13. The molecular weight excluding hydrogens is 234 g/mol. The summed E-state index contributed by atoms with van der Waals surface area (Å²) in [5.74, 6) is -0.0167. The average Bonchev–Trinajstić information content (AvgIpc) is 2.37. The van der Waals surface area contributed by atoms with Crippen molar-refractivity contribution >= 4 is 17.3 Å². The third-order valence-electron chi connectivity index (χ3n) is 3.18. The van der Waals surface area contributed by atoms with Crippen LogP contribution in [0.4, 0.5) is 0 Å². The third-order valence-corrected chi connectivity index (χ3v) is 3.18. The molecule has 1 fully saturated rings. The summed E-state index contributed by atoms with van der Waals surface area (Å²) in [7, 11) is 0. The van der Waals surface area contributed by atoms with Gasteiger partial charge in [-0.1, -0.05) is 0 Å². The Hall–Kier alpha value is -1.11. The highest BCUT2D eigenvalue weighted by Gasteiger charge is 2.25. The molecule has 0 aromatic rings. The second-order valence-electron chi connectivity index (χ2n) is 4.71. The second-order valence-corrected chi connectivity index (χ2v) is 4.71. The van der Waals surface area contributed by atoms with Gasteiger partial charge in [0.05, 0.1) is 18.1 Å². The average molecular weight is 255 g/mol. The van der Waals surface area contributed by atoms with E-state index >= 15 is 0 Å². The Labute approximate surface area is 107 Å². The largest absolute Gasteiger partial charge is 0.304 e. The quantitative estimate of drug-likeness (QED) is 0.577. The maximum atomic E-state index is 11.4. The highest BCUT2D eigenvalue weighted by molar-refractivity contribution is 5.84. The van der Waals surface area contributed by atoms with E-state index in [9.17, 15) is 14.4 Å². The lowest BCUT2D eigenvalue weighted by Gasteiger charge is -2.18. The van der Waals surface area contributed by atoms with E-state index in [1.54, 1.807) is 0 Å². The van der Waals surface area contributed by atoms with Gasteiger partial charge in [0, 0.05) is 19.6 Å². The minimum atomic E-state index is -0.367. The van der Waals surface area contributed by atoms with Crippen molar-refractivity contribution < 1.29 is 14.4 Å². The van der Waals surface area contributed by atoms with Crippen molar-refractivity contribution in [2.24, 2.45) is 0 Å². The second kappa shape index (κ2) is 6.72. The van der Waals surface area contributed by atoms with Crippen LogP contribution in [-0.4, -0.2) is 55.1 Å². The van der Waals surface area contributed by atoms with Crippen molar-refractivity contribution in [1.29, 1.82) is 0 Å². The molecule has 1 aliphatic rings. The summed E-state index contributed by atoms with van der Waals surface area (Å²) >= 11 is 0. The number of rotatable bonds is 3. The Kier molecular flexibility index (Phi) is 5.58. The molecule has 3 unspecified atom stereocenters. The van der Waals surface area contributed by atoms with Gasteiger partial charge in [-0.2, -0.15) is 0 Å². The van der Waals surface area contributed by atoms with E-state index in [1.165, 1.54) is 20.8 Å². The first-order chi connectivity index (χ1) is 8.41. The van der Waals surface area contributed by atoms with Crippen molar-refractivity contribution in [2.75, 3.05) is 19.6 Å². The summed E-state index contributed by atoms with van der Waals surface area (Å²) in [5, 5.41) is 9.14. The van der Waals surface area contributed by atoms with Crippen molar-refractivity contribution in [3.8, 4) is 0 Å². The minimum absolute atomic E-state index is 0.00555. The van der Waals surface area contributed by atoms with E-state index in [4.69, 9.17) is 0 Å². The van der Waals surface area contributed by atoms with Crippen molar-refractivity contribution in [1.82, 2.24) is 16.0 Å². The molecule has 1 rings (SSSR count). The van der Waals surface area contributed by atoms with E-state index in [0.29, 0.717) is 19.6 Å². The molecular formula is C12H21N3O3. The first-order valence-corrected chi connectivity index (χ1v) is 6.13. The van der Waals surface area contributed by atoms with Crippen LogP contribution in [0.5, 0.6) is 0 Å². The molecule has 0 aromatic carbocycles. The van der Waals surface area contributed by atoms with Crippen molar-refractivity contribution in [3.05, 3.63) is 0 Å². The number of hydrogen-bond acceptors (Lipinski definition) is 6. The van der Waals surface area contributed by atoms with Crippen LogP contribution < -0.4 is 16.0 Å². The molecule has 0 radical (unpaired) electrons. The molecule has 6 heteroatoms. The SMILES string of the molecule is CC(=O)C1CNC(C(C)=O)CNC(C(C)=O)CN1. The predicted molar refractivity (Wildman–Crippen MR) is 67.4 cm³/mol. The molecule has 1 saturated heterocycles. The summed E-state index contributed by atoms with van der Waals surface area (Å²) in [6.07, 6.45) is 0. The number of Topliss-reactive ketones (excluding diaryl/α,β-unsaturated/α-hetero) is 3. The summed E-state index contributed by atoms with van der Waals surface area (Å²) in [6.45, 7) is 5.67. The lowest BCUT2D eigenvalue weighted by atomic mass is 10.1. The van der Waals surface area contributed by atoms with E-state index in [2.05, 4.69) is 16.0 Å². The van der Waals surface area contributed by atoms with Gasteiger partial charge in [-0.3, -0.25) is 14.4 Å². The Morgan fingerprint density at radius 1 is 0.667 bits per heavy atom. The monoisotopic (exact) mass is 255 g/mol. The van der Waals surface area contributed by atoms with Crippen LogP contribution in [0.2, 0.25) is 0 Å². The Bertz CT molecular complexity index is 279. The number of carbonyl (C=O) groups excluding carboxylic acids is 3. The summed E-state index contributed by atoms with van der Waals surface area (Å²) in [4.78, 5) is 34.3.